The number of carbonyl (C=O) groups excluding carboxylic acids is 2. The number of aromatic carboxylic acids is 1. The van der Waals surface area contributed by atoms with Gasteiger partial charge in [-0.05, 0) is 103 Å². The molecule has 2 aromatic heterocycles. The molecule has 2 amide bonds. The molecule has 2 saturated carbocycles. The smallest absolute Gasteiger partial charge is 0.355 e. The highest BCUT2D eigenvalue weighted by Gasteiger charge is 2.46. The van der Waals surface area contributed by atoms with Crippen molar-refractivity contribution < 1.29 is 24.2 Å². The third-order valence-electron chi connectivity index (χ3n) is 9.50. The van der Waals surface area contributed by atoms with Gasteiger partial charge >= 0.3 is 5.97 Å². The Morgan fingerprint density at radius 1 is 1.04 bits per heavy atom. The summed E-state index contributed by atoms with van der Waals surface area (Å²) in [7, 11) is 0. The Morgan fingerprint density at radius 3 is 2.58 bits per heavy atom. The Hall–Kier alpha value is -4.54. The van der Waals surface area contributed by atoms with Crippen molar-refractivity contribution in [2.75, 3.05) is 11.9 Å². The first-order chi connectivity index (χ1) is 21.7. The van der Waals surface area contributed by atoms with Gasteiger partial charge < -0.3 is 26.2 Å². The number of carboxylic acid groups (broad SMARTS) is 1. The number of amides is 2. The van der Waals surface area contributed by atoms with Crippen LogP contribution in [0.5, 0.6) is 5.75 Å². The number of aryl methyl sites for hydroxylation is 1. The largest absolute Gasteiger partial charge is 0.493 e. The van der Waals surface area contributed by atoms with Crippen LogP contribution in [0, 0.1) is 12.8 Å². The number of anilines is 1. The van der Waals surface area contributed by atoms with Gasteiger partial charge in [-0.2, -0.15) is 0 Å². The normalized spacial score (nSPS) is 19.6. The lowest BCUT2D eigenvalue weighted by molar-refractivity contribution is 0.0691. The lowest BCUT2D eigenvalue weighted by Gasteiger charge is -2.27. The van der Waals surface area contributed by atoms with Gasteiger partial charge in [-0.15, -0.1) is 11.3 Å². The molecule has 0 atom stereocenters. The highest BCUT2D eigenvalue weighted by Crippen LogP contribution is 2.48. The zero-order valence-electron chi connectivity index (χ0n) is 24.9. The molecule has 0 radical (unpaired) electrons. The van der Waals surface area contributed by atoms with Gasteiger partial charge in [-0.25, -0.2) is 9.78 Å². The molecular formula is C35H34N4O5S. The highest BCUT2D eigenvalue weighted by atomic mass is 32.1. The number of thiophene rings is 1. The van der Waals surface area contributed by atoms with E-state index in [0.29, 0.717) is 42.5 Å². The summed E-state index contributed by atoms with van der Waals surface area (Å²) in [5, 5.41) is 18.5. The van der Waals surface area contributed by atoms with E-state index in [1.165, 1.54) is 6.07 Å². The predicted octanol–water partition coefficient (Wildman–Crippen LogP) is 6.19. The molecule has 4 aromatic rings. The molecule has 0 saturated heterocycles. The molecule has 0 unspecified atom stereocenters. The Labute approximate surface area is 264 Å². The van der Waals surface area contributed by atoms with Crippen LogP contribution in [0.3, 0.4) is 0 Å². The van der Waals surface area contributed by atoms with Gasteiger partial charge in [0.25, 0.3) is 11.8 Å². The topological polar surface area (TPSA) is 144 Å². The maximum atomic E-state index is 14.1. The minimum atomic E-state index is -1.30. The average molecular weight is 623 g/mol. The van der Waals surface area contributed by atoms with Crippen molar-refractivity contribution >= 4 is 34.8 Å². The van der Waals surface area contributed by atoms with Crippen molar-refractivity contribution in [1.29, 1.82) is 0 Å². The van der Waals surface area contributed by atoms with Gasteiger partial charge in [-0.1, -0.05) is 12.1 Å². The number of carbonyl (C=O) groups is 3. The first-order valence-electron chi connectivity index (χ1n) is 15.3. The van der Waals surface area contributed by atoms with E-state index in [4.69, 9.17) is 10.5 Å². The maximum absolute atomic E-state index is 14.1. The molecule has 2 fully saturated rings. The third-order valence-corrected chi connectivity index (χ3v) is 10.5. The van der Waals surface area contributed by atoms with E-state index in [1.54, 1.807) is 29.5 Å². The fourth-order valence-electron chi connectivity index (χ4n) is 7.15. The van der Waals surface area contributed by atoms with Crippen molar-refractivity contribution in [1.82, 2.24) is 10.3 Å². The Balaban J connectivity index is 1.32. The van der Waals surface area contributed by atoms with Crippen LogP contribution in [0.1, 0.15) is 80.1 Å². The Morgan fingerprint density at radius 2 is 1.87 bits per heavy atom. The number of nitrogens with two attached hydrogens (primary N) is 1. The molecule has 1 aliphatic heterocycles. The van der Waals surface area contributed by atoms with E-state index >= 15 is 0 Å². The van der Waals surface area contributed by atoms with Crippen LogP contribution in [-0.4, -0.2) is 40.0 Å². The van der Waals surface area contributed by atoms with E-state index in [-0.39, 0.29) is 34.0 Å². The second-order valence-electron chi connectivity index (χ2n) is 12.4. The number of nitrogens with zero attached hydrogens (tertiary/aromatic N) is 1. The Kier molecular flexibility index (Phi) is 7.41. The standard InChI is InChI=1S/C35H34N4O5S/c1-19-14-21(18-36)2-4-27(19)38-32(40)25-15-26-29(44-12-8-22-9-13-45-31(22)26)16-24(25)23-3-5-28(37-30(23)34(42)43)33(41)39-35-10-6-20(17-35)7-11-35/h2-5,9,13-16,20H,6-8,10-12,17-18,36H2,1H3,(H,38,40)(H,39,41)(H,42,43). The zero-order chi connectivity index (χ0) is 31.3. The fourth-order valence-corrected chi connectivity index (χ4v) is 8.12. The molecule has 3 heterocycles. The SMILES string of the molecule is Cc1cc(CN)ccc1NC(=O)c1cc2c(cc1-c1ccc(C(=O)NC34CCC(CC3)C4)nc1C(=O)O)OCCc1ccsc1-2. The molecule has 3 aliphatic rings. The van der Waals surface area contributed by atoms with E-state index in [1.807, 2.05) is 30.5 Å². The maximum Gasteiger partial charge on any atom is 0.355 e. The monoisotopic (exact) mass is 622 g/mol. The third kappa shape index (κ3) is 5.38. The van der Waals surface area contributed by atoms with Gasteiger partial charge in [0.15, 0.2) is 5.69 Å². The van der Waals surface area contributed by atoms with E-state index in [9.17, 15) is 19.5 Å². The van der Waals surface area contributed by atoms with Gasteiger partial charge in [0, 0.05) is 51.3 Å². The quantitative estimate of drug-likeness (QED) is 0.192. The van der Waals surface area contributed by atoms with Crippen molar-refractivity contribution in [3.8, 4) is 27.3 Å². The van der Waals surface area contributed by atoms with Crippen molar-refractivity contribution in [3.05, 3.63) is 87.6 Å². The van der Waals surface area contributed by atoms with Crippen LogP contribution in [0.25, 0.3) is 21.6 Å². The molecule has 2 aromatic carbocycles. The van der Waals surface area contributed by atoms with Crippen molar-refractivity contribution in [3.63, 3.8) is 0 Å². The molecule has 10 heteroatoms. The van der Waals surface area contributed by atoms with Crippen LogP contribution in [-0.2, 0) is 13.0 Å². The van der Waals surface area contributed by atoms with Crippen LogP contribution in [0.2, 0.25) is 0 Å². The van der Waals surface area contributed by atoms with E-state index in [0.717, 1.165) is 59.2 Å². The van der Waals surface area contributed by atoms with Crippen molar-refractivity contribution in [2.24, 2.45) is 11.7 Å². The van der Waals surface area contributed by atoms with E-state index in [2.05, 4.69) is 21.7 Å². The van der Waals surface area contributed by atoms with Gasteiger partial charge in [0.2, 0.25) is 0 Å². The number of fused-ring (bicyclic) bond motifs is 5. The second kappa shape index (κ2) is 11.4. The molecule has 7 rings (SSSR count). The highest BCUT2D eigenvalue weighted by molar-refractivity contribution is 7.13. The molecule has 0 spiro atoms. The average Bonchev–Trinajstić information content (AvgIpc) is 3.75. The van der Waals surface area contributed by atoms with Crippen LogP contribution in [0.4, 0.5) is 5.69 Å². The summed E-state index contributed by atoms with van der Waals surface area (Å²) in [5.74, 6) is -0.886. The molecule has 5 N–H and O–H groups in total. The van der Waals surface area contributed by atoms with Gasteiger partial charge in [0.1, 0.15) is 11.4 Å². The fraction of sp³-hybridized carbons (Fsp3) is 0.314. The van der Waals surface area contributed by atoms with Gasteiger partial charge in [0.05, 0.1) is 6.61 Å². The zero-order valence-corrected chi connectivity index (χ0v) is 25.8. The summed E-state index contributed by atoms with van der Waals surface area (Å²) in [6.45, 7) is 2.72. The number of nitrogens with one attached hydrogen (secondary N) is 2. The second-order valence-corrected chi connectivity index (χ2v) is 13.3. The summed E-state index contributed by atoms with van der Waals surface area (Å²) in [6.07, 6.45) is 5.73. The molecule has 230 valence electrons. The minimum Gasteiger partial charge on any atom is -0.493 e. The summed E-state index contributed by atoms with van der Waals surface area (Å²) >= 11 is 1.57. The lowest BCUT2D eigenvalue weighted by atomic mass is 9.92. The number of hydrogen-bond acceptors (Lipinski definition) is 7. The molecule has 2 bridgehead atoms. The summed E-state index contributed by atoms with van der Waals surface area (Å²) in [5.41, 5.74) is 10.5. The predicted molar refractivity (Wildman–Crippen MR) is 173 cm³/mol. The molecule has 45 heavy (non-hydrogen) atoms. The van der Waals surface area contributed by atoms with Crippen LogP contribution in [0.15, 0.2) is 53.9 Å². The molecular weight excluding hydrogens is 588 g/mol. The number of rotatable bonds is 7. The Bertz CT molecular complexity index is 1860. The van der Waals surface area contributed by atoms with Crippen molar-refractivity contribution in [2.45, 2.75) is 57.5 Å². The number of benzene rings is 2. The number of aromatic nitrogens is 1. The van der Waals surface area contributed by atoms with Crippen LogP contribution < -0.4 is 21.1 Å². The number of ether oxygens (including phenoxy) is 1. The number of carboxylic acids is 1. The first-order valence-corrected chi connectivity index (χ1v) is 16.2. The summed E-state index contributed by atoms with van der Waals surface area (Å²) < 4.78 is 6.14. The van der Waals surface area contributed by atoms with E-state index < -0.39 is 11.9 Å². The molecule has 9 nitrogen and oxygen atoms in total. The number of hydrogen-bond donors (Lipinski definition) is 4. The van der Waals surface area contributed by atoms with Gasteiger partial charge in [-0.3, -0.25) is 9.59 Å². The van der Waals surface area contributed by atoms with Crippen LogP contribution >= 0.6 is 11.3 Å². The molecule has 2 aliphatic carbocycles. The summed E-state index contributed by atoms with van der Waals surface area (Å²) in [4.78, 5) is 45.4. The lowest BCUT2D eigenvalue weighted by Crippen LogP contribution is -2.45. The first kappa shape index (κ1) is 29.2. The number of pyridine rings is 1. The minimum absolute atomic E-state index is 0.0386. The summed E-state index contributed by atoms with van der Waals surface area (Å²) in [6, 6.07) is 14.3.